The van der Waals surface area contributed by atoms with Gasteiger partial charge >= 0.3 is 0 Å². The van der Waals surface area contributed by atoms with Gasteiger partial charge in [-0.1, -0.05) is 48.0 Å². The summed E-state index contributed by atoms with van der Waals surface area (Å²) in [5.74, 6) is 0.521. The maximum absolute atomic E-state index is 12.8. The quantitative estimate of drug-likeness (QED) is 0.242. The Morgan fingerprint density at radius 1 is 1.12 bits per heavy atom. The van der Waals surface area contributed by atoms with Crippen LogP contribution in [0.1, 0.15) is 29.2 Å². The van der Waals surface area contributed by atoms with Crippen LogP contribution < -0.4 is 14.8 Å². The molecule has 5 nitrogen and oxygen atoms in total. The molecule has 0 aliphatic carbocycles. The predicted octanol–water partition coefficient (Wildman–Crippen LogP) is 7.24. The Morgan fingerprint density at radius 3 is 2.47 bits per heavy atom. The van der Waals surface area contributed by atoms with E-state index in [-0.39, 0.29) is 12.2 Å². The molecule has 1 N–H and O–H groups in total. The number of hydrogen-bond donors (Lipinski definition) is 1. The molecule has 0 radical (unpaired) electrons. The number of carbonyl (C=O) groups excluding carboxylic acids is 1. The minimum Gasteiger partial charge on any atom is -0.490 e. The first-order valence-corrected chi connectivity index (χ1v) is 11.8. The van der Waals surface area contributed by atoms with Crippen LogP contribution in [0.4, 0.5) is 5.69 Å². The number of ether oxygens (including phenoxy) is 2. The summed E-state index contributed by atoms with van der Waals surface area (Å²) in [7, 11) is 0. The van der Waals surface area contributed by atoms with Crippen LogP contribution in [0.2, 0.25) is 5.02 Å². The largest absolute Gasteiger partial charge is 0.490 e. The molecule has 7 heteroatoms. The molecule has 0 aliphatic rings. The molecule has 0 heterocycles. The van der Waals surface area contributed by atoms with Crippen molar-refractivity contribution in [1.29, 1.82) is 5.26 Å². The lowest BCUT2D eigenvalue weighted by atomic mass is 10.1. The number of anilines is 1. The average molecular weight is 540 g/mol. The van der Waals surface area contributed by atoms with E-state index in [2.05, 4.69) is 21.2 Å². The Balaban J connectivity index is 1.88. The van der Waals surface area contributed by atoms with Gasteiger partial charge in [0.15, 0.2) is 11.5 Å². The van der Waals surface area contributed by atoms with Crippen molar-refractivity contribution in [3.8, 4) is 17.6 Å². The molecular weight excluding hydrogens is 516 g/mol. The van der Waals surface area contributed by atoms with Gasteiger partial charge in [0.2, 0.25) is 0 Å². The van der Waals surface area contributed by atoms with E-state index in [4.69, 9.17) is 21.1 Å². The van der Waals surface area contributed by atoms with Gasteiger partial charge in [-0.05, 0) is 77.7 Å². The molecule has 0 aliphatic heterocycles. The summed E-state index contributed by atoms with van der Waals surface area (Å²) in [6.45, 7) is 6.36. The van der Waals surface area contributed by atoms with Crippen LogP contribution in [0.5, 0.6) is 11.5 Å². The van der Waals surface area contributed by atoms with Gasteiger partial charge in [-0.15, -0.1) is 0 Å². The molecule has 0 bridgehead atoms. The third-order valence-electron chi connectivity index (χ3n) is 5.06. The van der Waals surface area contributed by atoms with Crippen molar-refractivity contribution >= 4 is 45.2 Å². The predicted molar refractivity (Wildman–Crippen MR) is 139 cm³/mol. The first-order chi connectivity index (χ1) is 16.3. The lowest BCUT2D eigenvalue weighted by Crippen LogP contribution is -2.15. The Kier molecular flexibility index (Phi) is 8.75. The van der Waals surface area contributed by atoms with E-state index in [1.165, 1.54) is 6.08 Å². The molecule has 174 valence electrons. The standard InChI is InChI=1S/C27H24BrClN2O3/c1-4-33-24-14-19(13-22(28)26(24)34-16-20-10-5-6-11-23(20)29)12-21(15-30)27(32)31-25-17(2)8-7-9-18(25)3/h5-14H,4,16H2,1-3H3,(H,31,32)/b21-12-. The fourth-order valence-electron chi connectivity index (χ4n) is 3.35. The van der Waals surface area contributed by atoms with Crippen molar-refractivity contribution in [2.75, 3.05) is 11.9 Å². The Bertz CT molecular complexity index is 1260. The van der Waals surface area contributed by atoms with E-state index in [1.807, 2.05) is 63.2 Å². The van der Waals surface area contributed by atoms with Crippen LogP contribution in [0, 0.1) is 25.2 Å². The highest BCUT2D eigenvalue weighted by Gasteiger charge is 2.16. The van der Waals surface area contributed by atoms with Crippen LogP contribution in [0.3, 0.4) is 0 Å². The van der Waals surface area contributed by atoms with Gasteiger partial charge in [0.25, 0.3) is 5.91 Å². The van der Waals surface area contributed by atoms with Gasteiger partial charge in [0.05, 0.1) is 11.1 Å². The lowest BCUT2D eigenvalue weighted by molar-refractivity contribution is -0.112. The molecular formula is C27H24BrClN2O3. The number of nitrogens with zero attached hydrogens (tertiary/aromatic N) is 1. The number of hydrogen-bond acceptors (Lipinski definition) is 4. The fraction of sp³-hybridized carbons (Fsp3) is 0.185. The first-order valence-electron chi connectivity index (χ1n) is 10.7. The minimum absolute atomic E-state index is 0.0262. The van der Waals surface area contributed by atoms with E-state index in [9.17, 15) is 10.1 Å². The smallest absolute Gasteiger partial charge is 0.266 e. The molecule has 1 amide bonds. The number of nitrogens with one attached hydrogen (secondary N) is 1. The van der Waals surface area contributed by atoms with Crippen molar-refractivity contribution in [1.82, 2.24) is 0 Å². The molecule has 34 heavy (non-hydrogen) atoms. The number of amides is 1. The minimum atomic E-state index is -0.479. The zero-order valence-corrected chi connectivity index (χ0v) is 21.5. The normalized spacial score (nSPS) is 11.0. The number of halogens is 2. The summed E-state index contributed by atoms with van der Waals surface area (Å²) in [6, 6.07) is 18.7. The molecule has 0 aromatic heterocycles. The van der Waals surface area contributed by atoms with Gasteiger partial charge in [0, 0.05) is 16.3 Å². The Labute approximate surface area is 213 Å². The summed E-state index contributed by atoms with van der Waals surface area (Å²) in [5.41, 5.74) is 3.99. The zero-order chi connectivity index (χ0) is 24.7. The second kappa shape index (κ2) is 11.7. The molecule has 3 aromatic rings. The van der Waals surface area contributed by atoms with Crippen molar-refractivity contribution in [3.63, 3.8) is 0 Å². The van der Waals surface area contributed by atoms with Crippen molar-refractivity contribution in [3.05, 3.63) is 91.9 Å². The number of aryl methyl sites for hydroxylation is 2. The van der Waals surface area contributed by atoms with Crippen LogP contribution in [-0.4, -0.2) is 12.5 Å². The Morgan fingerprint density at radius 2 is 1.82 bits per heavy atom. The highest BCUT2D eigenvalue weighted by molar-refractivity contribution is 9.10. The molecule has 0 fully saturated rings. The number of benzene rings is 3. The third kappa shape index (κ3) is 6.19. The summed E-state index contributed by atoms with van der Waals surface area (Å²) in [4.78, 5) is 12.8. The Hall–Kier alpha value is -3.27. The zero-order valence-electron chi connectivity index (χ0n) is 19.1. The molecule has 0 saturated carbocycles. The summed E-state index contributed by atoms with van der Waals surface area (Å²) >= 11 is 9.77. The fourth-order valence-corrected chi connectivity index (χ4v) is 4.11. The van der Waals surface area contributed by atoms with Crippen molar-refractivity contribution in [2.24, 2.45) is 0 Å². The van der Waals surface area contributed by atoms with Crippen molar-refractivity contribution in [2.45, 2.75) is 27.4 Å². The number of nitriles is 1. The van der Waals surface area contributed by atoms with Gasteiger partial charge in [0.1, 0.15) is 18.2 Å². The van der Waals surface area contributed by atoms with E-state index in [0.717, 1.165) is 16.7 Å². The molecule has 0 atom stereocenters. The molecule has 3 aromatic carbocycles. The number of carbonyl (C=O) groups is 1. The summed E-state index contributed by atoms with van der Waals surface area (Å²) < 4.78 is 12.4. The number of para-hydroxylation sites is 1. The van der Waals surface area contributed by atoms with E-state index in [0.29, 0.717) is 38.9 Å². The molecule has 3 rings (SSSR count). The first kappa shape index (κ1) is 25.4. The van der Waals surface area contributed by atoms with Crippen LogP contribution in [0.15, 0.2) is 64.6 Å². The highest BCUT2D eigenvalue weighted by atomic mass is 79.9. The van der Waals surface area contributed by atoms with E-state index in [1.54, 1.807) is 18.2 Å². The monoisotopic (exact) mass is 538 g/mol. The van der Waals surface area contributed by atoms with Gasteiger partial charge < -0.3 is 14.8 Å². The van der Waals surface area contributed by atoms with E-state index < -0.39 is 5.91 Å². The third-order valence-corrected chi connectivity index (χ3v) is 6.02. The van der Waals surface area contributed by atoms with Gasteiger partial charge in [-0.2, -0.15) is 5.26 Å². The summed E-state index contributed by atoms with van der Waals surface area (Å²) in [6.07, 6.45) is 1.52. The number of rotatable bonds is 8. The van der Waals surface area contributed by atoms with Gasteiger partial charge in [-0.25, -0.2) is 0 Å². The maximum Gasteiger partial charge on any atom is 0.266 e. The lowest BCUT2D eigenvalue weighted by Gasteiger charge is -2.15. The summed E-state index contributed by atoms with van der Waals surface area (Å²) in [5, 5.41) is 13.1. The second-order valence-corrected chi connectivity index (χ2v) is 8.80. The van der Waals surface area contributed by atoms with Crippen LogP contribution in [-0.2, 0) is 11.4 Å². The van der Waals surface area contributed by atoms with Gasteiger partial charge in [-0.3, -0.25) is 4.79 Å². The van der Waals surface area contributed by atoms with Crippen LogP contribution in [0.25, 0.3) is 6.08 Å². The van der Waals surface area contributed by atoms with E-state index >= 15 is 0 Å². The van der Waals surface area contributed by atoms with Crippen molar-refractivity contribution < 1.29 is 14.3 Å². The molecule has 0 saturated heterocycles. The average Bonchev–Trinajstić information content (AvgIpc) is 2.80. The molecule has 0 spiro atoms. The second-order valence-electron chi connectivity index (χ2n) is 7.53. The maximum atomic E-state index is 12.8. The van der Waals surface area contributed by atoms with Crippen LogP contribution >= 0.6 is 27.5 Å². The SMILES string of the molecule is CCOc1cc(/C=C(/C#N)C(=O)Nc2c(C)cccc2C)cc(Br)c1OCc1ccccc1Cl. The topological polar surface area (TPSA) is 71.3 Å². The highest BCUT2D eigenvalue weighted by Crippen LogP contribution is 2.38. The molecule has 0 unspecified atom stereocenters.